The maximum absolute atomic E-state index is 11.6. The Morgan fingerprint density at radius 2 is 2.20 bits per heavy atom. The molecular weight excluding hydrogens is 212 g/mol. The van der Waals surface area contributed by atoms with Crippen molar-refractivity contribution >= 4 is 16.7 Å². The van der Waals surface area contributed by atoms with Crippen molar-refractivity contribution in [3.63, 3.8) is 0 Å². The van der Waals surface area contributed by atoms with Gasteiger partial charge in [-0.3, -0.25) is 9.00 Å². The van der Waals surface area contributed by atoms with Gasteiger partial charge in [-0.15, -0.1) is 0 Å². The molecule has 0 aliphatic rings. The SMILES string of the molecule is CCC(C)(C#N)C(=O)NCCCS(C)=O. The third kappa shape index (κ3) is 4.93. The van der Waals surface area contributed by atoms with Crippen LogP contribution in [0, 0.1) is 16.7 Å². The molecule has 0 saturated carbocycles. The van der Waals surface area contributed by atoms with E-state index in [-0.39, 0.29) is 5.91 Å². The number of nitrogens with one attached hydrogen (secondary N) is 1. The van der Waals surface area contributed by atoms with Crippen molar-refractivity contribution in [1.29, 1.82) is 5.26 Å². The second kappa shape index (κ2) is 6.57. The summed E-state index contributed by atoms with van der Waals surface area (Å²) in [4.78, 5) is 11.6. The normalized spacial score (nSPS) is 16.1. The first-order valence-corrected chi connectivity index (χ1v) is 6.68. The molecule has 0 radical (unpaired) electrons. The molecule has 15 heavy (non-hydrogen) atoms. The average molecular weight is 230 g/mol. The average Bonchev–Trinajstić information content (AvgIpc) is 2.22. The van der Waals surface area contributed by atoms with Gasteiger partial charge in [0.05, 0.1) is 6.07 Å². The maximum atomic E-state index is 11.6. The second-order valence-electron chi connectivity index (χ2n) is 3.68. The zero-order valence-electron chi connectivity index (χ0n) is 9.50. The third-order valence-electron chi connectivity index (χ3n) is 2.35. The fourth-order valence-corrected chi connectivity index (χ4v) is 1.51. The smallest absolute Gasteiger partial charge is 0.240 e. The van der Waals surface area contributed by atoms with Crippen LogP contribution < -0.4 is 5.32 Å². The van der Waals surface area contributed by atoms with E-state index in [2.05, 4.69) is 5.32 Å². The van der Waals surface area contributed by atoms with Crippen LogP contribution in [0.5, 0.6) is 0 Å². The van der Waals surface area contributed by atoms with E-state index < -0.39 is 16.2 Å². The molecule has 0 rings (SSSR count). The number of nitriles is 1. The molecule has 1 N–H and O–H groups in total. The van der Waals surface area contributed by atoms with Crippen LogP contribution in [0.1, 0.15) is 26.7 Å². The van der Waals surface area contributed by atoms with Crippen LogP contribution in [-0.2, 0) is 15.6 Å². The number of hydrogen-bond acceptors (Lipinski definition) is 3. The first-order chi connectivity index (χ1) is 6.96. The summed E-state index contributed by atoms with van der Waals surface area (Å²) in [5, 5.41) is 11.5. The summed E-state index contributed by atoms with van der Waals surface area (Å²) >= 11 is 0. The third-order valence-corrected chi connectivity index (χ3v) is 3.21. The Balaban J connectivity index is 3.94. The zero-order valence-corrected chi connectivity index (χ0v) is 10.3. The van der Waals surface area contributed by atoms with Gasteiger partial charge in [-0.05, 0) is 19.8 Å². The maximum Gasteiger partial charge on any atom is 0.240 e. The summed E-state index contributed by atoms with van der Waals surface area (Å²) in [5.74, 6) is 0.338. The van der Waals surface area contributed by atoms with Gasteiger partial charge in [0.1, 0.15) is 5.41 Å². The molecule has 1 amide bonds. The van der Waals surface area contributed by atoms with Gasteiger partial charge >= 0.3 is 0 Å². The van der Waals surface area contributed by atoms with E-state index in [1.165, 1.54) is 0 Å². The Hall–Kier alpha value is -0.890. The van der Waals surface area contributed by atoms with E-state index in [0.717, 1.165) is 0 Å². The van der Waals surface area contributed by atoms with Gasteiger partial charge in [0.15, 0.2) is 0 Å². The summed E-state index contributed by atoms with van der Waals surface area (Å²) < 4.78 is 10.7. The largest absolute Gasteiger partial charge is 0.355 e. The standard InChI is InChI=1S/C10H18N2O2S/c1-4-10(2,8-11)9(13)12-6-5-7-15(3)14/h4-7H2,1-3H3,(H,12,13). The van der Waals surface area contributed by atoms with Crippen molar-refractivity contribution < 1.29 is 9.00 Å². The fraction of sp³-hybridized carbons (Fsp3) is 0.800. The van der Waals surface area contributed by atoms with Gasteiger partial charge in [0, 0.05) is 29.4 Å². The van der Waals surface area contributed by atoms with E-state index in [0.29, 0.717) is 25.1 Å². The number of amides is 1. The number of carbonyl (C=O) groups is 1. The molecule has 0 bridgehead atoms. The van der Waals surface area contributed by atoms with E-state index >= 15 is 0 Å². The highest BCUT2D eigenvalue weighted by Crippen LogP contribution is 2.19. The molecule has 5 heteroatoms. The minimum absolute atomic E-state index is 0.241. The Bertz CT molecular complexity index is 286. The first kappa shape index (κ1) is 14.1. The van der Waals surface area contributed by atoms with E-state index in [1.807, 2.05) is 13.0 Å². The molecule has 4 nitrogen and oxygen atoms in total. The summed E-state index contributed by atoms with van der Waals surface area (Å²) in [7, 11) is -0.821. The van der Waals surface area contributed by atoms with Gasteiger partial charge in [-0.1, -0.05) is 6.92 Å². The fourth-order valence-electron chi connectivity index (χ4n) is 0.963. The van der Waals surface area contributed by atoms with E-state index in [1.54, 1.807) is 13.2 Å². The lowest BCUT2D eigenvalue weighted by atomic mass is 9.88. The minimum atomic E-state index is -0.939. The van der Waals surface area contributed by atoms with Crippen molar-refractivity contribution in [2.45, 2.75) is 26.7 Å². The molecular formula is C10H18N2O2S. The summed E-state index contributed by atoms with van der Waals surface area (Å²) in [6, 6.07) is 2.01. The molecule has 2 unspecified atom stereocenters. The van der Waals surface area contributed by atoms with E-state index in [4.69, 9.17) is 5.26 Å². The highest BCUT2D eigenvalue weighted by molar-refractivity contribution is 7.84. The van der Waals surface area contributed by atoms with Crippen molar-refractivity contribution in [3.05, 3.63) is 0 Å². The van der Waals surface area contributed by atoms with Gasteiger partial charge < -0.3 is 5.32 Å². The predicted octanol–water partition coefficient (Wildman–Crippen LogP) is 0.811. The van der Waals surface area contributed by atoms with Crippen molar-refractivity contribution in [2.24, 2.45) is 5.41 Å². The lowest BCUT2D eigenvalue weighted by Gasteiger charge is -2.18. The van der Waals surface area contributed by atoms with Crippen LogP contribution in [0.4, 0.5) is 0 Å². The van der Waals surface area contributed by atoms with Crippen LogP contribution in [0.25, 0.3) is 0 Å². The Morgan fingerprint density at radius 1 is 1.60 bits per heavy atom. The first-order valence-electron chi connectivity index (χ1n) is 4.96. The van der Waals surface area contributed by atoms with Gasteiger partial charge in [0.25, 0.3) is 0 Å². The lowest BCUT2D eigenvalue weighted by molar-refractivity contribution is -0.127. The Kier molecular flexibility index (Phi) is 6.18. The topological polar surface area (TPSA) is 70.0 Å². The highest BCUT2D eigenvalue weighted by atomic mass is 32.2. The van der Waals surface area contributed by atoms with Gasteiger partial charge in [-0.2, -0.15) is 5.26 Å². The molecule has 0 aromatic heterocycles. The minimum Gasteiger partial charge on any atom is -0.355 e. The molecule has 0 aliphatic carbocycles. The molecule has 0 fully saturated rings. The summed E-state index contributed by atoms with van der Waals surface area (Å²) in [6.45, 7) is 3.92. The van der Waals surface area contributed by atoms with Crippen molar-refractivity contribution in [2.75, 3.05) is 18.6 Å². The van der Waals surface area contributed by atoms with Crippen LogP contribution in [0.2, 0.25) is 0 Å². The quantitative estimate of drug-likeness (QED) is 0.686. The van der Waals surface area contributed by atoms with Gasteiger partial charge in [-0.25, -0.2) is 0 Å². The molecule has 0 spiro atoms. The van der Waals surface area contributed by atoms with Crippen LogP contribution in [-0.4, -0.2) is 28.7 Å². The van der Waals surface area contributed by atoms with Crippen molar-refractivity contribution in [1.82, 2.24) is 5.32 Å². The second-order valence-corrected chi connectivity index (χ2v) is 5.24. The van der Waals surface area contributed by atoms with Crippen LogP contribution in [0.3, 0.4) is 0 Å². The monoisotopic (exact) mass is 230 g/mol. The Morgan fingerprint density at radius 3 is 2.60 bits per heavy atom. The molecule has 0 saturated heterocycles. The molecule has 0 aromatic rings. The summed E-state index contributed by atoms with van der Waals surface area (Å²) in [5.41, 5.74) is -0.939. The van der Waals surface area contributed by atoms with Gasteiger partial charge in [0.2, 0.25) is 5.91 Å². The highest BCUT2D eigenvalue weighted by Gasteiger charge is 2.30. The molecule has 2 atom stereocenters. The number of carbonyl (C=O) groups excluding carboxylic acids is 1. The number of nitrogens with zero attached hydrogens (tertiary/aromatic N) is 1. The van der Waals surface area contributed by atoms with Crippen molar-refractivity contribution in [3.8, 4) is 6.07 Å². The molecule has 86 valence electrons. The number of hydrogen-bond donors (Lipinski definition) is 1. The zero-order chi connectivity index (χ0) is 11.9. The summed E-state index contributed by atoms with van der Waals surface area (Å²) in [6.07, 6.45) is 2.81. The lowest BCUT2D eigenvalue weighted by Crippen LogP contribution is -2.38. The molecule has 0 heterocycles. The van der Waals surface area contributed by atoms with Crippen LogP contribution >= 0.6 is 0 Å². The van der Waals surface area contributed by atoms with E-state index in [9.17, 15) is 9.00 Å². The number of rotatable bonds is 6. The Labute approximate surface area is 93.5 Å². The molecule has 0 aliphatic heterocycles. The predicted molar refractivity (Wildman–Crippen MR) is 60.6 cm³/mol. The van der Waals surface area contributed by atoms with Crippen LogP contribution in [0.15, 0.2) is 0 Å². The molecule has 0 aromatic carbocycles.